The zero-order valence-corrected chi connectivity index (χ0v) is 19.1. The molecule has 33 heavy (non-hydrogen) atoms. The van der Waals surface area contributed by atoms with E-state index in [1.807, 2.05) is 12.1 Å². The van der Waals surface area contributed by atoms with Gasteiger partial charge in [-0.1, -0.05) is 0 Å². The molecule has 1 unspecified atom stereocenters. The summed E-state index contributed by atoms with van der Waals surface area (Å²) in [7, 11) is 0.220. The minimum absolute atomic E-state index is 0.0481. The van der Waals surface area contributed by atoms with E-state index in [0.29, 0.717) is 10.8 Å². The van der Waals surface area contributed by atoms with E-state index in [0.717, 1.165) is 43.6 Å². The number of nitrogens with one attached hydrogen (secondary N) is 1. The van der Waals surface area contributed by atoms with Gasteiger partial charge in [0.05, 0.1) is 16.3 Å². The van der Waals surface area contributed by atoms with Crippen LogP contribution in [0.4, 0.5) is 29.8 Å². The summed E-state index contributed by atoms with van der Waals surface area (Å²) in [5.74, 6) is 0.410. The highest BCUT2D eigenvalue weighted by atomic mass is 32.2. The fourth-order valence-corrected chi connectivity index (χ4v) is 4.45. The normalized spacial score (nSPS) is 16.0. The molecule has 4 rings (SSSR count). The van der Waals surface area contributed by atoms with Gasteiger partial charge in [-0.05, 0) is 37.4 Å². The summed E-state index contributed by atoms with van der Waals surface area (Å²) in [6.07, 6.45) is -3.16. The van der Waals surface area contributed by atoms with Gasteiger partial charge in [-0.2, -0.15) is 0 Å². The Bertz CT molecular complexity index is 1130. The van der Waals surface area contributed by atoms with Gasteiger partial charge in [-0.3, -0.25) is 0 Å². The number of hydrogen-bond donors (Lipinski definition) is 2. The first-order valence-electron chi connectivity index (χ1n) is 9.86. The van der Waals surface area contributed by atoms with Gasteiger partial charge >= 0.3 is 6.36 Å². The van der Waals surface area contributed by atoms with E-state index in [2.05, 4.69) is 36.9 Å². The number of thiazole rings is 1. The summed E-state index contributed by atoms with van der Waals surface area (Å²) >= 11 is 1.20. The molecule has 8 nitrogen and oxygen atoms in total. The van der Waals surface area contributed by atoms with Gasteiger partial charge in [0.2, 0.25) is 0 Å². The molecule has 1 saturated heterocycles. The Morgan fingerprint density at radius 2 is 1.94 bits per heavy atom. The molecule has 1 aliphatic heterocycles. The predicted molar refractivity (Wildman–Crippen MR) is 122 cm³/mol. The van der Waals surface area contributed by atoms with Gasteiger partial charge < -0.3 is 19.9 Å². The number of benzene rings is 1. The molecule has 0 saturated carbocycles. The van der Waals surface area contributed by atoms with Crippen molar-refractivity contribution in [3.05, 3.63) is 41.9 Å². The van der Waals surface area contributed by atoms with Crippen molar-refractivity contribution >= 4 is 39.0 Å². The number of halogens is 3. The minimum atomic E-state index is -4.88. The van der Waals surface area contributed by atoms with Crippen LogP contribution in [0.1, 0.15) is 0 Å². The third-order valence-electron chi connectivity index (χ3n) is 5.03. The van der Waals surface area contributed by atoms with Crippen molar-refractivity contribution in [1.82, 2.24) is 14.9 Å². The molecule has 0 aliphatic carbocycles. The van der Waals surface area contributed by atoms with Crippen LogP contribution in [0.25, 0.3) is 11.3 Å². The zero-order valence-electron chi connectivity index (χ0n) is 17.5. The Hall–Kier alpha value is -2.74. The summed E-state index contributed by atoms with van der Waals surface area (Å²) in [6.45, 7) is 3.76. The molecule has 1 fully saturated rings. The summed E-state index contributed by atoms with van der Waals surface area (Å²) in [5, 5.41) is 10.3. The van der Waals surface area contributed by atoms with E-state index in [1.165, 1.54) is 23.5 Å². The Morgan fingerprint density at radius 3 is 2.58 bits per heavy atom. The van der Waals surface area contributed by atoms with Gasteiger partial charge in [0.15, 0.2) is 10.9 Å². The molecule has 3 aromatic rings. The number of anilines is 3. The molecule has 1 aromatic carbocycles. The molecule has 3 N–H and O–H groups in total. The molecule has 3 heterocycles. The molecule has 0 spiro atoms. The van der Waals surface area contributed by atoms with Crippen molar-refractivity contribution in [2.45, 2.75) is 11.3 Å². The van der Waals surface area contributed by atoms with Crippen LogP contribution in [-0.2, 0) is 11.0 Å². The second kappa shape index (κ2) is 9.63. The standard InChI is InChI=1S/C20H21F3N6O2S2/c1-28-6-8-29(9-7-28)18-5-2-13(11-25-18)16-12-32-19(27-16)26-15-10-14(33(24)30)3-4-17(15)31-20(21,22)23/h2-5,10-12H,6-9,24H2,1H3,(H,26,27). The zero-order chi connectivity index (χ0) is 23.6. The third-order valence-corrected chi connectivity index (χ3v) is 6.50. The highest BCUT2D eigenvalue weighted by molar-refractivity contribution is 7.82. The van der Waals surface area contributed by atoms with Crippen LogP contribution in [0.3, 0.4) is 0 Å². The second-order valence-electron chi connectivity index (χ2n) is 7.36. The number of ether oxygens (including phenoxy) is 1. The van der Waals surface area contributed by atoms with E-state index >= 15 is 0 Å². The third kappa shape index (κ3) is 5.99. The fourth-order valence-electron chi connectivity index (χ4n) is 3.28. The molecule has 0 bridgehead atoms. The van der Waals surface area contributed by atoms with Gasteiger partial charge in [0, 0.05) is 43.3 Å². The lowest BCUT2D eigenvalue weighted by Gasteiger charge is -2.33. The number of aromatic nitrogens is 2. The Morgan fingerprint density at radius 1 is 1.18 bits per heavy atom. The van der Waals surface area contributed by atoms with E-state index in [9.17, 15) is 17.4 Å². The summed E-state index contributed by atoms with van der Waals surface area (Å²) < 4.78 is 53.9. The van der Waals surface area contributed by atoms with Crippen LogP contribution in [0, 0.1) is 0 Å². The molecule has 1 atom stereocenters. The number of likely N-dealkylation sites (N-methyl/N-ethyl adjacent to an activating group) is 1. The van der Waals surface area contributed by atoms with Crippen molar-refractivity contribution in [2.24, 2.45) is 5.14 Å². The van der Waals surface area contributed by atoms with E-state index in [1.54, 1.807) is 11.6 Å². The van der Waals surface area contributed by atoms with Crippen LogP contribution >= 0.6 is 11.3 Å². The van der Waals surface area contributed by atoms with Crippen LogP contribution in [0.15, 0.2) is 46.8 Å². The van der Waals surface area contributed by atoms with Gasteiger partial charge in [0.1, 0.15) is 16.8 Å². The molecule has 176 valence electrons. The second-order valence-corrected chi connectivity index (χ2v) is 9.29. The molecule has 1 aliphatic rings. The van der Waals surface area contributed by atoms with Crippen molar-refractivity contribution in [3.8, 4) is 17.0 Å². The number of nitrogens with zero attached hydrogens (tertiary/aromatic N) is 4. The Labute approximate surface area is 194 Å². The highest BCUT2D eigenvalue weighted by Gasteiger charge is 2.32. The SMILES string of the molecule is CN1CCN(c2ccc(-c3csc(Nc4cc(S(N)=O)ccc4OC(F)(F)F)n3)cn2)CC1. The first-order valence-corrected chi connectivity index (χ1v) is 12.0. The lowest BCUT2D eigenvalue weighted by atomic mass is 10.2. The summed E-state index contributed by atoms with van der Waals surface area (Å²) in [4.78, 5) is 13.6. The number of piperazine rings is 1. The van der Waals surface area contributed by atoms with Gasteiger partial charge in [-0.25, -0.2) is 19.3 Å². The maximum absolute atomic E-state index is 12.8. The number of pyridine rings is 1. The Kier molecular flexibility index (Phi) is 6.83. The fraction of sp³-hybridized carbons (Fsp3) is 0.300. The van der Waals surface area contributed by atoms with Crippen molar-refractivity contribution in [2.75, 3.05) is 43.4 Å². The van der Waals surface area contributed by atoms with Crippen molar-refractivity contribution < 1.29 is 22.1 Å². The highest BCUT2D eigenvalue weighted by Crippen LogP contribution is 2.35. The molecular formula is C20H21F3N6O2S2. The maximum Gasteiger partial charge on any atom is 0.573 e. The van der Waals surface area contributed by atoms with E-state index in [-0.39, 0.29) is 10.6 Å². The van der Waals surface area contributed by atoms with Crippen molar-refractivity contribution in [3.63, 3.8) is 0 Å². The van der Waals surface area contributed by atoms with Gasteiger partial charge in [0.25, 0.3) is 0 Å². The van der Waals surface area contributed by atoms with E-state index in [4.69, 9.17) is 5.14 Å². The molecule has 2 aromatic heterocycles. The monoisotopic (exact) mass is 498 g/mol. The van der Waals surface area contributed by atoms with Crippen LogP contribution < -0.4 is 20.1 Å². The quantitative estimate of drug-likeness (QED) is 0.536. The first-order chi connectivity index (χ1) is 15.7. The summed E-state index contributed by atoms with van der Waals surface area (Å²) in [6, 6.07) is 7.36. The minimum Gasteiger partial charge on any atom is -0.404 e. The molecule has 13 heteroatoms. The molecule has 0 amide bonds. The first kappa shape index (κ1) is 23.4. The number of nitrogens with two attached hydrogens (primary N) is 1. The summed E-state index contributed by atoms with van der Waals surface area (Å²) in [5.41, 5.74) is 1.35. The van der Waals surface area contributed by atoms with Crippen LogP contribution in [0.5, 0.6) is 5.75 Å². The lowest BCUT2D eigenvalue weighted by molar-refractivity contribution is -0.274. The van der Waals surface area contributed by atoms with Crippen LogP contribution in [-0.4, -0.2) is 58.7 Å². The predicted octanol–water partition coefficient (Wildman–Crippen LogP) is 3.58. The average Bonchev–Trinajstić information content (AvgIpc) is 3.23. The Balaban J connectivity index is 1.52. The number of rotatable bonds is 6. The molecule has 0 radical (unpaired) electrons. The van der Waals surface area contributed by atoms with E-state index < -0.39 is 23.1 Å². The lowest BCUT2D eigenvalue weighted by Crippen LogP contribution is -2.44. The smallest absolute Gasteiger partial charge is 0.404 e. The largest absolute Gasteiger partial charge is 0.573 e. The topological polar surface area (TPSA) is 96.6 Å². The number of hydrogen-bond acceptors (Lipinski definition) is 8. The van der Waals surface area contributed by atoms with Crippen LogP contribution in [0.2, 0.25) is 0 Å². The van der Waals surface area contributed by atoms with Crippen molar-refractivity contribution in [1.29, 1.82) is 0 Å². The van der Waals surface area contributed by atoms with Gasteiger partial charge in [-0.15, -0.1) is 24.5 Å². The molecular weight excluding hydrogens is 477 g/mol. The average molecular weight is 499 g/mol. The number of alkyl halides is 3. The maximum atomic E-state index is 12.8.